The number of hydrogen-bond acceptors (Lipinski definition) is 2. The van der Waals surface area contributed by atoms with Crippen molar-refractivity contribution in [1.82, 2.24) is 5.32 Å². The molecule has 0 spiro atoms. The second kappa shape index (κ2) is 2.46. The molecule has 0 saturated carbocycles. The van der Waals surface area contributed by atoms with E-state index < -0.39 is 0 Å². The zero-order chi connectivity index (χ0) is 5.98. The first-order valence-corrected chi connectivity index (χ1v) is 3.21. The Hall–Kier alpha value is -0.0800. The van der Waals surface area contributed by atoms with Gasteiger partial charge in [-0.1, -0.05) is 6.92 Å². The zero-order valence-electron chi connectivity index (χ0n) is 5.48. The molecule has 0 bridgehead atoms. The highest BCUT2D eigenvalue weighted by Crippen LogP contribution is 2.05. The Balaban J connectivity index is 2.22. The molecule has 1 heterocycles. The van der Waals surface area contributed by atoms with E-state index in [-0.39, 0.29) is 0 Å². The van der Waals surface area contributed by atoms with Crippen LogP contribution in [0.15, 0.2) is 0 Å². The minimum absolute atomic E-state index is 0.324. The molecule has 2 heteroatoms. The van der Waals surface area contributed by atoms with E-state index in [1.54, 1.807) is 0 Å². The van der Waals surface area contributed by atoms with Gasteiger partial charge in [-0.25, -0.2) is 0 Å². The molecule has 2 unspecified atom stereocenters. The zero-order valence-corrected chi connectivity index (χ0v) is 5.48. The van der Waals surface area contributed by atoms with Crippen molar-refractivity contribution in [3.05, 3.63) is 0 Å². The molecule has 48 valence electrons. The van der Waals surface area contributed by atoms with Crippen LogP contribution < -0.4 is 5.32 Å². The summed E-state index contributed by atoms with van der Waals surface area (Å²) in [7, 11) is 0. The summed E-state index contributed by atoms with van der Waals surface area (Å²) in [5, 5.41) is 3.23. The van der Waals surface area contributed by atoms with Gasteiger partial charge in [0.15, 0.2) is 0 Å². The first-order chi connectivity index (χ1) is 3.83. The molecule has 1 rings (SSSR count). The number of nitrogens with one attached hydrogen (secondary N) is 1. The van der Waals surface area contributed by atoms with Gasteiger partial charge in [0.2, 0.25) is 0 Å². The van der Waals surface area contributed by atoms with E-state index in [0.717, 1.165) is 13.0 Å². The molecule has 2 atom stereocenters. The molecule has 8 heavy (non-hydrogen) atoms. The van der Waals surface area contributed by atoms with Gasteiger partial charge in [-0.15, -0.1) is 0 Å². The average molecular weight is 115 g/mol. The fourth-order valence-corrected chi connectivity index (χ4v) is 0.915. The summed E-state index contributed by atoms with van der Waals surface area (Å²) in [6.07, 6.45) is 1.81. The maximum Gasteiger partial charge on any atom is 0.108 e. The fourth-order valence-electron chi connectivity index (χ4n) is 0.915. The summed E-state index contributed by atoms with van der Waals surface area (Å²) >= 11 is 0. The molecule has 0 radical (unpaired) electrons. The van der Waals surface area contributed by atoms with Gasteiger partial charge >= 0.3 is 0 Å². The van der Waals surface area contributed by atoms with Crippen molar-refractivity contribution in [2.75, 3.05) is 6.54 Å². The van der Waals surface area contributed by atoms with Gasteiger partial charge in [0.05, 0.1) is 6.10 Å². The summed E-state index contributed by atoms with van der Waals surface area (Å²) in [4.78, 5) is 0. The van der Waals surface area contributed by atoms with Gasteiger partial charge in [0.1, 0.15) is 6.23 Å². The van der Waals surface area contributed by atoms with E-state index in [2.05, 4.69) is 19.2 Å². The van der Waals surface area contributed by atoms with Crippen molar-refractivity contribution in [2.45, 2.75) is 32.6 Å². The topological polar surface area (TPSA) is 21.3 Å². The number of hydrogen-bond donors (Lipinski definition) is 1. The molecule has 0 aromatic carbocycles. The van der Waals surface area contributed by atoms with Gasteiger partial charge in [-0.05, 0) is 13.3 Å². The summed E-state index contributed by atoms with van der Waals surface area (Å²) in [6, 6.07) is 0. The van der Waals surface area contributed by atoms with Crippen molar-refractivity contribution in [3.63, 3.8) is 0 Å². The van der Waals surface area contributed by atoms with Crippen LogP contribution in [0, 0.1) is 0 Å². The molecule has 1 aliphatic heterocycles. The molecule has 2 nitrogen and oxygen atoms in total. The summed E-state index contributed by atoms with van der Waals surface area (Å²) in [6.45, 7) is 5.22. The third kappa shape index (κ3) is 1.20. The highest BCUT2D eigenvalue weighted by molar-refractivity contribution is 4.67. The highest BCUT2D eigenvalue weighted by atomic mass is 16.5. The lowest BCUT2D eigenvalue weighted by Gasteiger charge is -2.05. The van der Waals surface area contributed by atoms with Crippen LogP contribution in [0.3, 0.4) is 0 Å². The van der Waals surface area contributed by atoms with E-state index in [4.69, 9.17) is 4.74 Å². The maximum atomic E-state index is 5.40. The van der Waals surface area contributed by atoms with Crippen LogP contribution in [-0.4, -0.2) is 18.9 Å². The quantitative estimate of drug-likeness (QED) is 0.544. The second-order valence-corrected chi connectivity index (χ2v) is 2.25. The number of rotatable bonds is 1. The molecule has 0 aromatic heterocycles. The predicted octanol–water partition coefficient (Wildman–Crippen LogP) is 0.731. The lowest BCUT2D eigenvalue weighted by molar-refractivity contribution is 0.0495. The van der Waals surface area contributed by atoms with Crippen LogP contribution in [0.4, 0.5) is 0 Å². The SMILES string of the molecule is CCC1NCC(C)O1. The van der Waals surface area contributed by atoms with Gasteiger partial charge in [0, 0.05) is 6.54 Å². The predicted molar refractivity (Wildman–Crippen MR) is 32.6 cm³/mol. The smallest absolute Gasteiger partial charge is 0.108 e. The van der Waals surface area contributed by atoms with Crippen molar-refractivity contribution < 1.29 is 4.74 Å². The Morgan fingerprint density at radius 1 is 1.75 bits per heavy atom. The molecule has 1 saturated heterocycles. The lowest BCUT2D eigenvalue weighted by Crippen LogP contribution is -2.20. The number of ether oxygens (including phenoxy) is 1. The Kier molecular flexibility index (Phi) is 1.86. The molecule has 1 aliphatic rings. The Morgan fingerprint density at radius 2 is 2.50 bits per heavy atom. The van der Waals surface area contributed by atoms with Gasteiger partial charge < -0.3 is 4.74 Å². The fraction of sp³-hybridized carbons (Fsp3) is 1.00. The molecule has 0 aromatic rings. The second-order valence-electron chi connectivity index (χ2n) is 2.25. The molecule has 0 amide bonds. The first-order valence-electron chi connectivity index (χ1n) is 3.21. The van der Waals surface area contributed by atoms with E-state index >= 15 is 0 Å². The van der Waals surface area contributed by atoms with Crippen LogP contribution in [-0.2, 0) is 4.74 Å². The van der Waals surface area contributed by atoms with E-state index in [1.165, 1.54) is 0 Å². The van der Waals surface area contributed by atoms with Crippen LogP contribution in [0.1, 0.15) is 20.3 Å². The van der Waals surface area contributed by atoms with Crippen LogP contribution in [0.25, 0.3) is 0 Å². The largest absolute Gasteiger partial charge is 0.359 e. The van der Waals surface area contributed by atoms with E-state index in [0.29, 0.717) is 12.3 Å². The van der Waals surface area contributed by atoms with Crippen LogP contribution >= 0.6 is 0 Å². The molecule has 1 N–H and O–H groups in total. The molecule has 1 fully saturated rings. The van der Waals surface area contributed by atoms with Gasteiger partial charge in [-0.3, -0.25) is 5.32 Å². The highest BCUT2D eigenvalue weighted by Gasteiger charge is 2.17. The van der Waals surface area contributed by atoms with E-state index in [9.17, 15) is 0 Å². The summed E-state index contributed by atoms with van der Waals surface area (Å²) in [5.41, 5.74) is 0. The average Bonchev–Trinajstić information content (AvgIpc) is 2.14. The monoisotopic (exact) mass is 115 g/mol. The minimum Gasteiger partial charge on any atom is -0.359 e. The Morgan fingerprint density at radius 3 is 2.75 bits per heavy atom. The van der Waals surface area contributed by atoms with Crippen LogP contribution in [0.5, 0.6) is 0 Å². The first kappa shape index (κ1) is 6.05. The molecular weight excluding hydrogens is 102 g/mol. The van der Waals surface area contributed by atoms with Crippen molar-refractivity contribution >= 4 is 0 Å². The Labute approximate surface area is 50.2 Å². The summed E-state index contributed by atoms with van der Waals surface area (Å²) in [5.74, 6) is 0. The third-order valence-corrected chi connectivity index (χ3v) is 1.40. The molecule has 0 aliphatic carbocycles. The normalized spacial score (nSPS) is 38.2. The van der Waals surface area contributed by atoms with Gasteiger partial charge in [0.25, 0.3) is 0 Å². The summed E-state index contributed by atoms with van der Waals surface area (Å²) < 4.78 is 5.40. The van der Waals surface area contributed by atoms with Crippen LogP contribution in [0.2, 0.25) is 0 Å². The minimum atomic E-state index is 0.324. The van der Waals surface area contributed by atoms with Crippen molar-refractivity contribution in [3.8, 4) is 0 Å². The lowest BCUT2D eigenvalue weighted by atomic mass is 10.4. The maximum absolute atomic E-state index is 5.40. The van der Waals surface area contributed by atoms with Gasteiger partial charge in [-0.2, -0.15) is 0 Å². The Bertz CT molecular complexity index is 74.9. The van der Waals surface area contributed by atoms with E-state index in [1.807, 2.05) is 0 Å². The van der Waals surface area contributed by atoms with Crippen molar-refractivity contribution in [1.29, 1.82) is 0 Å². The van der Waals surface area contributed by atoms with Crippen molar-refractivity contribution in [2.24, 2.45) is 0 Å². The molecular formula is C6H13NO. The third-order valence-electron chi connectivity index (χ3n) is 1.40. The standard InChI is InChI=1S/C6H13NO/c1-3-6-7-4-5(2)8-6/h5-7H,3-4H2,1-2H3.